The zero-order valence-corrected chi connectivity index (χ0v) is 14.0. The van der Waals surface area contributed by atoms with Crippen molar-refractivity contribution in [2.75, 3.05) is 25.5 Å². The quantitative estimate of drug-likeness (QED) is 0.768. The van der Waals surface area contributed by atoms with Gasteiger partial charge in [0.1, 0.15) is 19.0 Å². The van der Waals surface area contributed by atoms with Gasteiger partial charge in [-0.25, -0.2) is 13.1 Å². The van der Waals surface area contributed by atoms with Gasteiger partial charge in [0, 0.05) is 18.4 Å². The molecule has 1 aliphatic heterocycles. The molecule has 2 aromatic rings. The van der Waals surface area contributed by atoms with E-state index in [4.69, 9.17) is 13.9 Å². The largest absolute Gasteiger partial charge is 0.486 e. The maximum absolute atomic E-state index is 12.3. The number of rotatable bonds is 7. The van der Waals surface area contributed by atoms with Gasteiger partial charge in [0.05, 0.1) is 16.9 Å². The highest BCUT2D eigenvalue weighted by atomic mass is 32.2. The molecule has 23 heavy (non-hydrogen) atoms. The first kappa shape index (κ1) is 16.2. The van der Waals surface area contributed by atoms with Crippen LogP contribution in [0.1, 0.15) is 5.76 Å². The Labute approximate surface area is 139 Å². The van der Waals surface area contributed by atoms with Gasteiger partial charge < -0.3 is 13.9 Å². The Morgan fingerprint density at radius 2 is 1.96 bits per heavy atom. The molecule has 0 saturated heterocycles. The maximum Gasteiger partial charge on any atom is 0.240 e. The molecule has 6 nitrogen and oxygen atoms in total. The fraction of sp³-hybridized carbons (Fsp3) is 0.333. The van der Waals surface area contributed by atoms with Crippen LogP contribution in [0.2, 0.25) is 0 Å². The van der Waals surface area contributed by atoms with E-state index in [0.717, 1.165) is 11.5 Å². The summed E-state index contributed by atoms with van der Waals surface area (Å²) >= 11 is 1.60. The average molecular weight is 355 g/mol. The van der Waals surface area contributed by atoms with Crippen molar-refractivity contribution >= 4 is 21.8 Å². The minimum Gasteiger partial charge on any atom is -0.486 e. The topological polar surface area (TPSA) is 77.8 Å². The fourth-order valence-electron chi connectivity index (χ4n) is 2.09. The van der Waals surface area contributed by atoms with E-state index in [0.29, 0.717) is 37.0 Å². The number of nitrogens with one attached hydrogen (secondary N) is 1. The van der Waals surface area contributed by atoms with Crippen molar-refractivity contribution in [3.63, 3.8) is 0 Å². The lowest BCUT2D eigenvalue weighted by atomic mass is 10.3. The first-order valence-corrected chi connectivity index (χ1v) is 9.78. The van der Waals surface area contributed by atoms with Gasteiger partial charge in [0.25, 0.3) is 0 Å². The van der Waals surface area contributed by atoms with Crippen molar-refractivity contribution in [1.82, 2.24) is 4.72 Å². The number of fused-ring (bicyclic) bond motifs is 1. The Morgan fingerprint density at radius 3 is 2.74 bits per heavy atom. The highest BCUT2D eigenvalue weighted by Gasteiger charge is 2.18. The smallest absolute Gasteiger partial charge is 0.240 e. The summed E-state index contributed by atoms with van der Waals surface area (Å²) in [6.07, 6.45) is 1.63. The van der Waals surface area contributed by atoms with Crippen molar-refractivity contribution in [1.29, 1.82) is 0 Å². The lowest BCUT2D eigenvalue weighted by Gasteiger charge is -2.18. The molecule has 1 aromatic heterocycles. The molecule has 0 atom stereocenters. The Kier molecular flexibility index (Phi) is 5.14. The van der Waals surface area contributed by atoms with Gasteiger partial charge in [-0.3, -0.25) is 0 Å². The maximum atomic E-state index is 12.3. The number of benzene rings is 1. The SMILES string of the molecule is O=S(=O)(NCCSCc1ccco1)c1ccc2c(c1)OCCO2. The number of hydrogen-bond acceptors (Lipinski definition) is 6. The van der Waals surface area contributed by atoms with Crippen molar-refractivity contribution in [2.24, 2.45) is 0 Å². The van der Waals surface area contributed by atoms with E-state index >= 15 is 0 Å². The van der Waals surface area contributed by atoms with E-state index in [1.165, 1.54) is 12.1 Å². The molecule has 0 bridgehead atoms. The second-order valence-corrected chi connectivity index (χ2v) is 7.71. The Balaban J connectivity index is 1.52. The molecule has 1 aliphatic rings. The summed E-state index contributed by atoms with van der Waals surface area (Å²) in [5, 5.41) is 0. The summed E-state index contributed by atoms with van der Waals surface area (Å²) in [6, 6.07) is 8.36. The first-order chi connectivity index (χ1) is 11.1. The van der Waals surface area contributed by atoms with Crippen molar-refractivity contribution in [2.45, 2.75) is 10.6 Å². The molecular weight excluding hydrogens is 338 g/mol. The fourth-order valence-corrected chi connectivity index (χ4v) is 4.02. The summed E-state index contributed by atoms with van der Waals surface area (Å²) in [4.78, 5) is 0.179. The Bertz CT molecular complexity index is 743. The van der Waals surface area contributed by atoms with E-state index in [1.54, 1.807) is 24.1 Å². The summed E-state index contributed by atoms with van der Waals surface area (Å²) < 4.78 is 43.2. The molecule has 0 unspecified atom stereocenters. The third kappa shape index (κ3) is 4.21. The van der Waals surface area contributed by atoms with Crippen LogP contribution in [-0.4, -0.2) is 33.9 Å². The van der Waals surface area contributed by atoms with Crippen LogP contribution in [0.3, 0.4) is 0 Å². The zero-order chi connectivity index (χ0) is 16.1. The third-order valence-electron chi connectivity index (χ3n) is 3.19. The number of ether oxygens (including phenoxy) is 2. The number of hydrogen-bond donors (Lipinski definition) is 1. The minimum absolute atomic E-state index is 0.179. The predicted octanol–water partition coefficient (Wildman–Crippen LogP) is 2.26. The highest BCUT2D eigenvalue weighted by molar-refractivity contribution is 7.98. The number of furan rings is 1. The summed E-state index contributed by atoms with van der Waals surface area (Å²) in [7, 11) is -3.55. The van der Waals surface area contributed by atoms with E-state index in [2.05, 4.69) is 4.72 Å². The molecule has 124 valence electrons. The standard InChI is InChI=1S/C15H17NO5S2/c17-23(18,16-5-9-22-11-12-2-1-6-19-12)13-3-4-14-15(10-13)21-8-7-20-14/h1-4,6,10,16H,5,7-9,11H2. The van der Waals surface area contributed by atoms with Gasteiger partial charge >= 0.3 is 0 Å². The second kappa shape index (κ2) is 7.29. The van der Waals surface area contributed by atoms with Gasteiger partial charge in [0.15, 0.2) is 11.5 Å². The lowest BCUT2D eigenvalue weighted by Crippen LogP contribution is -2.26. The normalized spacial score (nSPS) is 13.9. The molecule has 3 rings (SSSR count). The Hall–Kier alpha value is -1.64. The molecule has 0 spiro atoms. The van der Waals surface area contributed by atoms with Crippen LogP contribution in [0, 0.1) is 0 Å². The van der Waals surface area contributed by atoms with E-state index < -0.39 is 10.0 Å². The molecule has 0 saturated carbocycles. The van der Waals surface area contributed by atoms with Crippen LogP contribution in [-0.2, 0) is 15.8 Å². The van der Waals surface area contributed by atoms with Crippen LogP contribution in [0.25, 0.3) is 0 Å². The number of sulfonamides is 1. The summed E-state index contributed by atoms with van der Waals surface area (Å²) in [6.45, 7) is 1.25. The van der Waals surface area contributed by atoms with Gasteiger partial charge in [0.2, 0.25) is 10.0 Å². The molecule has 1 aromatic carbocycles. The monoisotopic (exact) mass is 355 g/mol. The van der Waals surface area contributed by atoms with Gasteiger partial charge in [-0.1, -0.05) is 0 Å². The Morgan fingerprint density at radius 1 is 1.13 bits per heavy atom. The van der Waals surface area contributed by atoms with E-state index in [-0.39, 0.29) is 4.90 Å². The van der Waals surface area contributed by atoms with Gasteiger partial charge in [-0.05, 0) is 24.3 Å². The molecular formula is C15H17NO5S2. The molecule has 0 aliphatic carbocycles. The molecule has 0 radical (unpaired) electrons. The van der Waals surface area contributed by atoms with Crippen LogP contribution < -0.4 is 14.2 Å². The second-order valence-electron chi connectivity index (χ2n) is 4.84. The zero-order valence-electron chi connectivity index (χ0n) is 12.4. The number of thioether (sulfide) groups is 1. The molecule has 8 heteroatoms. The van der Waals surface area contributed by atoms with Crippen LogP contribution in [0.4, 0.5) is 0 Å². The van der Waals surface area contributed by atoms with Crippen LogP contribution in [0.5, 0.6) is 11.5 Å². The van der Waals surface area contributed by atoms with Gasteiger partial charge in [-0.15, -0.1) is 0 Å². The molecule has 2 heterocycles. The van der Waals surface area contributed by atoms with Gasteiger partial charge in [-0.2, -0.15) is 11.8 Å². The predicted molar refractivity (Wildman–Crippen MR) is 87.5 cm³/mol. The van der Waals surface area contributed by atoms with Crippen molar-refractivity contribution < 1.29 is 22.3 Å². The lowest BCUT2D eigenvalue weighted by molar-refractivity contribution is 0.171. The third-order valence-corrected chi connectivity index (χ3v) is 5.63. The van der Waals surface area contributed by atoms with E-state index in [1.807, 2.05) is 12.1 Å². The van der Waals surface area contributed by atoms with Crippen molar-refractivity contribution in [3.05, 3.63) is 42.4 Å². The highest BCUT2D eigenvalue weighted by Crippen LogP contribution is 2.32. The molecule has 0 fully saturated rings. The summed E-state index contributed by atoms with van der Waals surface area (Å²) in [5.74, 6) is 3.30. The van der Waals surface area contributed by atoms with E-state index in [9.17, 15) is 8.42 Å². The summed E-state index contributed by atoms with van der Waals surface area (Å²) in [5.41, 5.74) is 0. The first-order valence-electron chi connectivity index (χ1n) is 7.14. The van der Waals surface area contributed by atoms with Crippen LogP contribution >= 0.6 is 11.8 Å². The van der Waals surface area contributed by atoms with Crippen molar-refractivity contribution in [3.8, 4) is 11.5 Å². The average Bonchev–Trinajstić information content (AvgIpc) is 3.07. The molecule has 1 N–H and O–H groups in total. The molecule has 0 amide bonds. The minimum atomic E-state index is -3.55. The van der Waals surface area contributed by atoms with Crippen LogP contribution in [0.15, 0.2) is 45.9 Å².